The molecule has 0 aliphatic heterocycles. The fourth-order valence-electron chi connectivity index (χ4n) is 2.18. The highest BCUT2D eigenvalue weighted by Gasteiger charge is 2.17. The molecule has 0 radical (unpaired) electrons. The van der Waals surface area contributed by atoms with Crippen LogP contribution < -0.4 is 10.4 Å². The zero-order chi connectivity index (χ0) is 16.8. The highest BCUT2D eigenvalue weighted by molar-refractivity contribution is 6.08. The van der Waals surface area contributed by atoms with E-state index in [0.29, 0.717) is 12.4 Å². The van der Waals surface area contributed by atoms with Crippen molar-refractivity contribution in [3.8, 4) is 5.75 Å². The summed E-state index contributed by atoms with van der Waals surface area (Å²) in [5.74, 6) is 0.133. The van der Waals surface area contributed by atoms with Gasteiger partial charge in [0.05, 0.1) is 13.7 Å². The van der Waals surface area contributed by atoms with Crippen molar-refractivity contribution in [2.45, 2.75) is 13.5 Å². The Morgan fingerprint density at radius 1 is 1.26 bits per heavy atom. The third kappa shape index (κ3) is 4.17. The largest absolute Gasteiger partial charge is 0.496 e. The van der Waals surface area contributed by atoms with Crippen LogP contribution in [-0.2, 0) is 11.3 Å². The first-order chi connectivity index (χ1) is 11.0. The molecule has 0 fully saturated rings. The summed E-state index contributed by atoms with van der Waals surface area (Å²) in [6, 6.07) is 9.08. The monoisotopic (exact) mass is 314 g/mol. The van der Waals surface area contributed by atoms with Crippen LogP contribution in [0.15, 0.2) is 45.6 Å². The first kappa shape index (κ1) is 16.7. The summed E-state index contributed by atoms with van der Waals surface area (Å²) < 4.78 is 15.1. The molecule has 0 aliphatic rings. The van der Waals surface area contributed by atoms with Crippen molar-refractivity contribution in [1.82, 2.24) is 0 Å². The number of hydrogen-bond acceptors (Lipinski definition) is 5. The van der Waals surface area contributed by atoms with Gasteiger partial charge < -0.3 is 13.9 Å². The van der Waals surface area contributed by atoms with Gasteiger partial charge >= 0.3 is 5.63 Å². The average molecular weight is 314 g/mol. The molecule has 23 heavy (non-hydrogen) atoms. The fraction of sp³-hybridized carbons (Fsp3) is 0.222. The number of rotatable bonds is 6. The second-order valence-electron chi connectivity index (χ2n) is 4.96. The van der Waals surface area contributed by atoms with Crippen molar-refractivity contribution < 1.29 is 18.7 Å². The lowest BCUT2D eigenvalue weighted by Gasteiger charge is -2.05. The van der Waals surface area contributed by atoms with Gasteiger partial charge in [0.25, 0.3) is 0 Å². The minimum atomic E-state index is -0.704. The van der Waals surface area contributed by atoms with Crippen LogP contribution in [0.4, 0.5) is 0 Å². The van der Waals surface area contributed by atoms with Gasteiger partial charge in [-0.3, -0.25) is 4.79 Å². The molecule has 0 atom stereocenters. The fourth-order valence-corrected chi connectivity index (χ4v) is 2.18. The van der Waals surface area contributed by atoms with E-state index in [1.165, 1.54) is 19.3 Å². The molecule has 120 valence electrons. The third-order valence-electron chi connectivity index (χ3n) is 3.19. The number of ether oxygens (including phenoxy) is 2. The Balaban J connectivity index is 2.29. The Hall–Kier alpha value is -2.66. The van der Waals surface area contributed by atoms with E-state index < -0.39 is 11.4 Å². The molecule has 2 aromatic rings. The third-order valence-corrected chi connectivity index (χ3v) is 3.19. The molecule has 5 heteroatoms. The number of benzene rings is 1. The van der Waals surface area contributed by atoms with Crippen molar-refractivity contribution >= 4 is 11.9 Å². The van der Waals surface area contributed by atoms with Gasteiger partial charge in [0.1, 0.15) is 17.1 Å². The molecule has 2 rings (SSSR count). The Labute approximate surface area is 134 Å². The second kappa shape index (κ2) is 7.56. The highest BCUT2D eigenvalue weighted by atomic mass is 16.5. The predicted molar refractivity (Wildman–Crippen MR) is 86.8 cm³/mol. The number of hydrogen-bond donors (Lipinski definition) is 0. The molecular formula is C18H18O5. The van der Waals surface area contributed by atoms with Gasteiger partial charge in [0, 0.05) is 13.2 Å². The summed E-state index contributed by atoms with van der Waals surface area (Å²) in [6.07, 6.45) is 2.97. The summed E-state index contributed by atoms with van der Waals surface area (Å²) in [7, 11) is 3.03. The second-order valence-corrected chi connectivity index (χ2v) is 4.96. The smallest absolute Gasteiger partial charge is 0.351 e. The number of carbonyl (C=O) groups is 1. The molecular weight excluding hydrogens is 296 g/mol. The van der Waals surface area contributed by atoms with Gasteiger partial charge in [-0.15, -0.1) is 0 Å². The molecule has 0 N–H and O–H groups in total. The zero-order valence-electron chi connectivity index (χ0n) is 13.3. The number of allylic oxidation sites excluding steroid dienone is 1. The molecule has 1 aromatic heterocycles. The molecule has 0 unspecified atom stereocenters. The summed E-state index contributed by atoms with van der Waals surface area (Å²) >= 11 is 0. The maximum absolute atomic E-state index is 12.3. The summed E-state index contributed by atoms with van der Waals surface area (Å²) in [5.41, 5.74) is 1.02. The van der Waals surface area contributed by atoms with E-state index >= 15 is 0 Å². The standard InChI is InChI=1S/C18H18O5/c1-12-9-16(22-3)17(18(20)23-12)15(19)8-7-13-5-4-6-14(10-13)11-21-2/h4-10H,11H2,1-3H3. The minimum Gasteiger partial charge on any atom is -0.496 e. The number of carbonyl (C=O) groups excluding carboxylic acids is 1. The van der Waals surface area contributed by atoms with Crippen molar-refractivity contribution in [3.63, 3.8) is 0 Å². The maximum Gasteiger partial charge on any atom is 0.351 e. The summed E-state index contributed by atoms with van der Waals surface area (Å²) in [4.78, 5) is 24.2. The van der Waals surface area contributed by atoms with Gasteiger partial charge in [-0.1, -0.05) is 24.3 Å². The quantitative estimate of drug-likeness (QED) is 0.606. The number of methoxy groups -OCH3 is 2. The van der Waals surface area contributed by atoms with E-state index in [-0.39, 0.29) is 11.3 Å². The van der Waals surface area contributed by atoms with Crippen LogP contribution in [0.1, 0.15) is 27.2 Å². The van der Waals surface area contributed by atoms with E-state index in [0.717, 1.165) is 11.1 Å². The SMILES string of the molecule is COCc1cccc(C=CC(=O)c2c(OC)cc(C)oc2=O)c1. The molecule has 1 aromatic carbocycles. The van der Waals surface area contributed by atoms with Crippen LogP contribution in [0.25, 0.3) is 6.08 Å². The minimum absolute atomic E-state index is 0.109. The number of ketones is 1. The highest BCUT2D eigenvalue weighted by Crippen LogP contribution is 2.17. The van der Waals surface area contributed by atoms with Crippen molar-refractivity contribution in [1.29, 1.82) is 0 Å². The number of aryl methyl sites for hydroxylation is 1. The zero-order valence-corrected chi connectivity index (χ0v) is 13.3. The van der Waals surface area contributed by atoms with Gasteiger partial charge in [-0.05, 0) is 30.2 Å². The lowest BCUT2D eigenvalue weighted by molar-refractivity contribution is 0.104. The Morgan fingerprint density at radius 3 is 2.74 bits per heavy atom. The molecule has 1 heterocycles. The van der Waals surface area contributed by atoms with Crippen LogP contribution >= 0.6 is 0 Å². The lowest BCUT2D eigenvalue weighted by atomic mass is 10.1. The van der Waals surface area contributed by atoms with Gasteiger partial charge in [-0.25, -0.2) is 4.79 Å². The Morgan fingerprint density at radius 2 is 2.04 bits per heavy atom. The van der Waals surface area contributed by atoms with Crippen molar-refractivity contribution in [3.05, 3.63) is 69.3 Å². The van der Waals surface area contributed by atoms with Gasteiger partial charge in [-0.2, -0.15) is 0 Å². The molecule has 0 saturated carbocycles. The normalized spacial score (nSPS) is 10.9. The van der Waals surface area contributed by atoms with E-state index in [1.807, 2.05) is 24.3 Å². The Kier molecular flexibility index (Phi) is 5.49. The molecule has 0 aliphatic carbocycles. The van der Waals surface area contributed by atoms with Gasteiger partial charge in [0.15, 0.2) is 5.78 Å². The molecule has 0 bridgehead atoms. The van der Waals surface area contributed by atoms with Crippen LogP contribution in [0, 0.1) is 6.92 Å². The van der Waals surface area contributed by atoms with E-state index in [1.54, 1.807) is 20.1 Å². The Bertz CT molecular complexity index is 786. The van der Waals surface area contributed by atoms with Crippen LogP contribution in [0.5, 0.6) is 5.75 Å². The molecule has 0 amide bonds. The molecule has 5 nitrogen and oxygen atoms in total. The first-order valence-corrected chi connectivity index (χ1v) is 7.04. The predicted octanol–water partition coefficient (Wildman–Crippen LogP) is 3.00. The van der Waals surface area contributed by atoms with E-state index in [4.69, 9.17) is 13.9 Å². The maximum atomic E-state index is 12.3. The van der Waals surface area contributed by atoms with Crippen molar-refractivity contribution in [2.75, 3.05) is 14.2 Å². The summed E-state index contributed by atoms with van der Waals surface area (Å²) in [6.45, 7) is 2.11. The van der Waals surface area contributed by atoms with Crippen LogP contribution in [0.2, 0.25) is 0 Å². The first-order valence-electron chi connectivity index (χ1n) is 7.04. The molecule has 0 saturated heterocycles. The topological polar surface area (TPSA) is 65.7 Å². The van der Waals surface area contributed by atoms with E-state index in [2.05, 4.69) is 0 Å². The average Bonchev–Trinajstić information content (AvgIpc) is 2.52. The lowest BCUT2D eigenvalue weighted by Crippen LogP contribution is -2.14. The van der Waals surface area contributed by atoms with Crippen LogP contribution in [-0.4, -0.2) is 20.0 Å². The van der Waals surface area contributed by atoms with E-state index in [9.17, 15) is 9.59 Å². The van der Waals surface area contributed by atoms with Crippen molar-refractivity contribution in [2.24, 2.45) is 0 Å². The van der Waals surface area contributed by atoms with Gasteiger partial charge in [0.2, 0.25) is 0 Å². The molecule has 0 spiro atoms. The van der Waals surface area contributed by atoms with Crippen LogP contribution in [0.3, 0.4) is 0 Å². The summed E-state index contributed by atoms with van der Waals surface area (Å²) in [5, 5.41) is 0.